The standard InChI is InChI=1S/C15H21ClN2O4S2/c1-9(2)12-15(3-5-22-6-4-15)8-18(12)13(19)10-7-11(16)23-14(10)24(17,20)21/h7,9,12H,3-6,8H2,1-2H3,(H2,17,20,21). The Bertz CT molecular complexity index is 754. The molecule has 1 unspecified atom stereocenters. The van der Waals surface area contributed by atoms with Crippen LogP contribution in [0.2, 0.25) is 4.34 Å². The lowest BCUT2D eigenvalue weighted by atomic mass is 9.62. The lowest BCUT2D eigenvalue weighted by Crippen LogP contribution is -2.69. The molecule has 0 bridgehead atoms. The van der Waals surface area contributed by atoms with Gasteiger partial charge in [-0.3, -0.25) is 4.79 Å². The van der Waals surface area contributed by atoms with E-state index in [2.05, 4.69) is 13.8 Å². The van der Waals surface area contributed by atoms with Crippen LogP contribution in [0.1, 0.15) is 37.0 Å². The lowest BCUT2D eigenvalue weighted by molar-refractivity contribution is -0.128. The number of rotatable bonds is 3. The highest BCUT2D eigenvalue weighted by atomic mass is 35.5. The van der Waals surface area contributed by atoms with Crippen LogP contribution in [-0.2, 0) is 14.8 Å². The summed E-state index contributed by atoms with van der Waals surface area (Å²) in [7, 11) is -3.98. The minimum atomic E-state index is -3.98. The van der Waals surface area contributed by atoms with Gasteiger partial charge in [0.15, 0.2) is 0 Å². The summed E-state index contributed by atoms with van der Waals surface area (Å²) in [6, 6.07) is 1.47. The fourth-order valence-electron chi connectivity index (χ4n) is 4.11. The molecule has 2 fully saturated rings. The minimum absolute atomic E-state index is 0.0703. The van der Waals surface area contributed by atoms with Crippen molar-refractivity contribution >= 4 is 38.9 Å². The predicted octanol–water partition coefficient (Wildman–Crippen LogP) is 2.33. The molecule has 9 heteroatoms. The van der Waals surface area contributed by atoms with E-state index >= 15 is 0 Å². The highest BCUT2D eigenvalue weighted by Crippen LogP contribution is 2.49. The Hall–Kier alpha value is -0.670. The molecule has 2 N–H and O–H groups in total. The second-order valence-corrected chi connectivity index (χ2v) is 10.3. The lowest BCUT2D eigenvalue weighted by Gasteiger charge is -2.61. The molecule has 0 radical (unpaired) electrons. The monoisotopic (exact) mass is 392 g/mol. The summed E-state index contributed by atoms with van der Waals surface area (Å²) >= 11 is 6.76. The van der Waals surface area contributed by atoms with Gasteiger partial charge in [-0.1, -0.05) is 25.4 Å². The normalized spacial score (nSPS) is 23.5. The van der Waals surface area contributed by atoms with Gasteiger partial charge >= 0.3 is 0 Å². The number of amides is 1. The number of carbonyl (C=O) groups is 1. The molecule has 0 aliphatic carbocycles. The molecule has 1 amide bonds. The van der Waals surface area contributed by atoms with E-state index in [0.29, 0.717) is 19.8 Å². The fourth-order valence-corrected chi connectivity index (χ4v) is 6.38. The van der Waals surface area contributed by atoms with Crippen molar-refractivity contribution in [2.45, 2.75) is 36.9 Å². The van der Waals surface area contributed by atoms with Gasteiger partial charge in [0.1, 0.15) is 4.21 Å². The number of hydrogen-bond donors (Lipinski definition) is 1. The molecule has 2 saturated heterocycles. The number of ether oxygens (including phenoxy) is 1. The van der Waals surface area contributed by atoms with Crippen molar-refractivity contribution in [1.29, 1.82) is 0 Å². The number of thiophene rings is 1. The van der Waals surface area contributed by atoms with Gasteiger partial charge in [-0.15, -0.1) is 11.3 Å². The first-order valence-electron chi connectivity index (χ1n) is 7.86. The van der Waals surface area contributed by atoms with E-state index in [1.54, 1.807) is 4.90 Å². The van der Waals surface area contributed by atoms with Gasteiger partial charge in [0.05, 0.1) is 9.90 Å². The Kier molecular flexibility index (Phi) is 4.72. The second kappa shape index (κ2) is 6.25. The third-order valence-electron chi connectivity index (χ3n) is 4.99. The van der Waals surface area contributed by atoms with Crippen molar-refractivity contribution < 1.29 is 17.9 Å². The molecule has 3 rings (SSSR count). The minimum Gasteiger partial charge on any atom is -0.381 e. The maximum absolute atomic E-state index is 13.0. The summed E-state index contributed by atoms with van der Waals surface area (Å²) in [6.45, 7) is 6.20. The fraction of sp³-hybridized carbons (Fsp3) is 0.667. The maximum atomic E-state index is 13.0. The number of halogens is 1. The van der Waals surface area contributed by atoms with Crippen molar-refractivity contribution in [3.63, 3.8) is 0 Å². The molecule has 1 spiro atoms. The zero-order chi connectivity index (χ0) is 17.7. The topological polar surface area (TPSA) is 89.7 Å². The van der Waals surface area contributed by atoms with Crippen LogP contribution in [0.4, 0.5) is 0 Å². The van der Waals surface area contributed by atoms with Gasteiger partial charge < -0.3 is 9.64 Å². The Balaban J connectivity index is 1.91. The predicted molar refractivity (Wildman–Crippen MR) is 92.9 cm³/mol. The quantitative estimate of drug-likeness (QED) is 0.854. The van der Waals surface area contributed by atoms with Crippen LogP contribution in [0.25, 0.3) is 0 Å². The van der Waals surface area contributed by atoms with Gasteiger partial charge in [-0.2, -0.15) is 0 Å². The number of nitrogens with two attached hydrogens (primary N) is 1. The highest BCUT2D eigenvalue weighted by molar-refractivity contribution is 7.91. The van der Waals surface area contributed by atoms with Crippen molar-refractivity contribution in [2.75, 3.05) is 19.8 Å². The summed E-state index contributed by atoms with van der Waals surface area (Å²) < 4.78 is 29.0. The Morgan fingerprint density at radius 3 is 2.62 bits per heavy atom. The molecule has 1 aromatic heterocycles. The van der Waals surface area contributed by atoms with Crippen LogP contribution >= 0.6 is 22.9 Å². The Labute approximate surface area is 151 Å². The summed E-state index contributed by atoms with van der Waals surface area (Å²) in [6.07, 6.45) is 1.85. The van der Waals surface area contributed by atoms with Crippen LogP contribution in [0.5, 0.6) is 0 Å². The van der Waals surface area contributed by atoms with Crippen molar-refractivity contribution in [3.05, 3.63) is 16.0 Å². The first kappa shape index (κ1) is 18.1. The number of sulfonamides is 1. The molecule has 0 saturated carbocycles. The third-order valence-corrected chi connectivity index (χ3v) is 7.73. The first-order valence-corrected chi connectivity index (χ1v) is 10.6. The van der Waals surface area contributed by atoms with Crippen LogP contribution in [0, 0.1) is 11.3 Å². The molecule has 2 aliphatic heterocycles. The van der Waals surface area contributed by atoms with E-state index in [1.807, 2.05) is 0 Å². The summed E-state index contributed by atoms with van der Waals surface area (Å²) in [5.74, 6) is -0.0363. The summed E-state index contributed by atoms with van der Waals surface area (Å²) in [5.41, 5.74) is 0.156. The van der Waals surface area contributed by atoms with Gasteiger partial charge in [0.2, 0.25) is 10.0 Å². The zero-order valence-electron chi connectivity index (χ0n) is 13.6. The van der Waals surface area contributed by atoms with E-state index in [-0.39, 0.29) is 37.4 Å². The van der Waals surface area contributed by atoms with E-state index in [9.17, 15) is 13.2 Å². The molecule has 6 nitrogen and oxygen atoms in total. The number of nitrogens with zero attached hydrogens (tertiary/aromatic N) is 1. The third kappa shape index (κ3) is 2.99. The van der Waals surface area contributed by atoms with Crippen molar-refractivity contribution in [1.82, 2.24) is 4.90 Å². The van der Waals surface area contributed by atoms with E-state index in [0.717, 1.165) is 24.2 Å². The molecule has 134 valence electrons. The van der Waals surface area contributed by atoms with Crippen LogP contribution in [0.3, 0.4) is 0 Å². The zero-order valence-corrected chi connectivity index (χ0v) is 16.0. The van der Waals surface area contributed by atoms with Gasteiger partial charge in [0.25, 0.3) is 5.91 Å². The van der Waals surface area contributed by atoms with Crippen molar-refractivity contribution in [3.8, 4) is 0 Å². The molecule has 24 heavy (non-hydrogen) atoms. The number of likely N-dealkylation sites (tertiary alicyclic amines) is 1. The average Bonchev–Trinajstić information content (AvgIpc) is 2.87. The molecular weight excluding hydrogens is 372 g/mol. The smallest absolute Gasteiger partial charge is 0.256 e. The Morgan fingerprint density at radius 1 is 1.46 bits per heavy atom. The highest BCUT2D eigenvalue weighted by Gasteiger charge is 2.56. The van der Waals surface area contributed by atoms with Gasteiger partial charge in [0, 0.05) is 31.2 Å². The first-order chi connectivity index (χ1) is 11.2. The summed E-state index contributed by atoms with van der Waals surface area (Å²) in [5, 5.41) is 5.24. The maximum Gasteiger partial charge on any atom is 0.256 e. The number of primary sulfonamides is 1. The number of carbonyl (C=O) groups excluding carboxylic acids is 1. The van der Waals surface area contributed by atoms with Crippen LogP contribution < -0.4 is 5.14 Å². The van der Waals surface area contributed by atoms with Crippen LogP contribution in [-0.4, -0.2) is 45.0 Å². The van der Waals surface area contributed by atoms with E-state index in [1.165, 1.54) is 6.07 Å². The number of hydrogen-bond acceptors (Lipinski definition) is 5. The molecule has 2 aliphatic rings. The SMILES string of the molecule is CC(C)C1N(C(=O)c2cc(Cl)sc2S(N)(=O)=O)CC12CCOCC2. The molecule has 1 aromatic rings. The molecule has 1 atom stereocenters. The molecule has 3 heterocycles. The Morgan fingerprint density at radius 2 is 2.08 bits per heavy atom. The van der Waals surface area contributed by atoms with Crippen LogP contribution in [0.15, 0.2) is 10.3 Å². The van der Waals surface area contributed by atoms with Gasteiger partial charge in [-0.05, 0) is 24.8 Å². The van der Waals surface area contributed by atoms with Crippen molar-refractivity contribution in [2.24, 2.45) is 16.5 Å². The van der Waals surface area contributed by atoms with E-state index < -0.39 is 10.0 Å². The second-order valence-electron chi connectivity index (χ2n) is 6.89. The summed E-state index contributed by atoms with van der Waals surface area (Å²) in [4.78, 5) is 14.7. The van der Waals surface area contributed by atoms with E-state index in [4.69, 9.17) is 21.5 Å². The molecular formula is C15H21ClN2O4S2. The molecule has 0 aromatic carbocycles. The largest absolute Gasteiger partial charge is 0.381 e. The average molecular weight is 393 g/mol. The van der Waals surface area contributed by atoms with Gasteiger partial charge in [-0.25, -0.2) is 13.6 Å².